The third kappa shape index (κ3) is 23.9. The van der Waals surface area contributed by atoms with Crippen molar-refractivity contribution in [1.29, 1.82) is 0 Å². The zero-order chi connectivity index (χ0) is 97.8. The molecule has 8 aliphatic rings. The Bertz CT molecular complexity index is 7680. The van der Waals surface area contributed by atoms with Crippen molar-refractivity contribution in [3.05, 3.63) is 277 Å². The minimum absolute atomic E-state index is 0.00846. The molecule has 0 bridgehead atoms. The van der Waals surface area contributed by atoms with Crippen molar-refractivity contribution in [2.24, 2.45) is 29.6 Å². The van der Waals surface area contributed by atoms with Gasteiger partial charge in [0.15, 0.2) is 48.8 Å². The van der Waals surface area contributed by atoms with Gasteiger partial charge in [0.1, 0.15) is 34.1 Å². The van der Waals surface area contributed by atoms with Crippen LogP contribution >= 0.6 is 0 Å². The van der Waals surface area contributed by atoms with Gasteiger partial charge >= 0.3 is 0 Å². The number of hydrogen-bond acceptors (Lipinski definition) is 19. The second-order valence-corrected chi connectivity index (χ2v) is 43.8. The summed E-state index contributed by atoms with van der Waals surface area (Å²) in [6, 6.07) is 65.7. The smallest absolute Gasteiger partial charge is 0.245 e. The number of sulfone groups is 2. The Morgan fingerprint density at radius 2 is 0.730 bits per heavy atom. The number of carbonyl (C=O) groups is 6. The number of nitrogens with zero attached hydrogens (tertiary/aromatic N) is 13. The number of hydrogen-bond donors (Lipinski definition) is 7. The first-order valence-corrected chi connectivity index (χ1v) is 53.0. The number of amides is 6. The summed E-state index contributed by atoms with van der Waals surface area (Å²) in [5, 5.41) is 17.1. The van der Waals surface area contributed by atoms with E-state index in [1.165, 1.54) is 6.07 Å². The lowest BCUT2D eigenvalue weighted by atomic mass is 10.0. The summed E-state index contributed by atoms with van der Waals surface area (Å²) in [6.07, 6.45) is 20.6. The van der Waals surface area contributed by atoms with Gasteiger partial charge in [-0.2, -0.15) is 0 Å². The standard InChI is InChI=1S/C22H23FN4O3S.C22H24N4O3S.C21H22N4O2.C20H20N4O3S.C20H18N4O/c23-18-12-16(6-7-17(18)13-26-8-10-31(29,30)11-9-26)19-2-1-3-21-24-20(14-27(19)21)25-22(28)15-4-5-15;27-22(17-7-8-17)24-20-15-26-19(5-2-6-21(26)23-20)18-4-1-3-16(13-18)14-25-9-11-30(28,29)12-10-25;1-2-20(26)22-12-14-6-8-15(9-7-14)17-4-3-5-19-23-18(13-25(17)19)24-21(27)16-10-11-16;25-20(14-4-5-14)22-18-12-24-17(2-1-3-19(24)21-18)13-6-8-15(9-7-13)23-28(26,27)16-10-11-16;1-13(21-2)14-6-8-15(9-7-14)17-4-3-5-19-22-18(12-24(17)19)23-20(25)16-10-11-16/h1-3,6-7,12,14-15H,4-5,8-11,13H2,(H,25,28);1-6,13,15,17H,7-12,14H2,(H,24,27);3-9,13,16H,2,10-12H2,1H3,(H,22,26)(H,24,27);1-3,6-9,12,14,16,23H,4-5,10-11H2,(H,22,25);3-9,12-13,16H,10-11H2,1H3,(H,23,25). The number of benzene rings is 5. The first kappa shape index (κ1) is 95.3. The number of pyridine rings is 5. The van der Waals surface area contributed by atoms with E-state index in [4.69, 9.17) is 6.57 Å². The van der Waals surface area contributed by atoms with Crippen LogP contribution in [0.4, 0.5) is 39.2 Å². The van der Waals surface area contributed by atoms with Crippen LogP contribution in [0.5, 0.6) is 0 Å². The lowest BCUT2D eigenvalue weighted by molar-refractivity contribution is -0.121. The Balaban J connectivity index is 0.000000112. The first-order valence-electron chi connectivity index (χ1n) is 47.8. The van der Waals surface area contributed by atoms with Crippen molar-refractivity contribution >= 4 is 128 Å². The summed E-state index contributed by atoms with van der Waals surface area (Å²) < 4.78 is 97.9. The molecule has 8 fully saturated rings. The molecule has 23 rings (SSSR count). The molecule has 2 saturated heterocycles. The Labute approximate surface area is 814 Å². The first-order chi connectivity index (χ1) is 68.1. The van der Waals surface area contributed by atoms with Crippen LogP contribution in [-0.2, 0) is 78.1 Å². The summed E-state index contributed by atoms with van der Waals surface area (Å²) in [5.41, 5.74) is 17.5. The van der Waals surface area contributed by atoms with Gasteiger partial charge in [-0.05, 0) is 195 Å². The summed E-state index contributed by atoms with van der Waals surface area (Å²) in [6.45, 7) is 14.5. The number of carbonyl (C=O) groups excluding carboxylic acids is 6. The topological polar surface area (TPSA) is 386 Å². The highest BCUT2D eigenvalue weighted by molar-refractivity contribution is 7.93. The normalized spacial score (nSPS) is 16.8. The van der Waals surface area contributed by atoms with Crippen LogP contribution < -0.4 is 36.6 Å². The number of halogens is 1. The van der Waals surface area contributed by atoms with Crippen molar-refractivity contribution in [3.63, 3.8) is 0 Å². The van der Waals surface area contributed by atoms with Crippen molar-refractivity contribution in [3.8, 4) is 56.3 Å². The molecular weight excluding hydrogens is 1850 g/mol. The molecule has 141 heavy (non-hydrogen) atoms. The number of anilines is 6. The van der Waals surface area contributed by atoms with Crippen LogP contribution in [0.25, 0.3) is 89.4 Å². The van der Waals surface area contributed by atoms with E-state index in [1.807, 2.05) is 229 Å². The molecule has 1 atom stereocenters. The van der Waals surface area contributed by atoms with Gasteiger partial charge in [-0.3, -0.25) is 65.3 Å². The van der Waals surface area contributed by atoms with Gasteiger partial charge in [0.05, 0.1) is 87.7 Å². The van der Waals surface area contributed by atoms with Crippen molar-refractivity contribution in [2.45, 2.75) is 128 Å². The molecule has 5 aromatic carbocycles. The zero-order valence-corrected chi connectivity index (χ0v) is 80.3. The summed E-state index contributed by atoms with van der Waals surface area (Å²) >= 11 is 0. The van der Waals surface area contributed by atoms with E-state index in [9.17, 15) is 58.4 Å². The zero-order valence-electron chi connectivity index (χ0n) is 77.8. The van der Waals surface area contributed by atoms with Gasteiger partial charge in [-0.15, -0.1) is 0 Å². The third-order valence-corrected chi connectivity index (χ3v) is 31.1. The fraction of sp³-hybridized carbons (Fsp3) is 0.314. The molecule has 15 aromatic rings. The molecule has 7 N–H and O–H groups in total. The van der Waals surface area contributed by atoms with Gasteiger partial charge in [-0.1, -0.05) is 128 Å². The van der Waals surface area contributed by atoms with E-state index in [1.54, 1.807) is 24.4 Å². The van der Waals surface area contributed by atoms with E-state index >= 15 is 0 Å². The molecule has 1 unspecified atom stereocenters. The van der Waals surface area contributed by atoms with Gasteiger partial charge < -0.3 is 36.7 Å². The van der Waals surface area contributed by atoms with Gasteiger partial charge in [0.25, 0.3) is 0 Å². The highest BCUT2D eigenvalue weighted by Gasteiger charge is 2.38. The maximum absolute atomic E-state index is 14.9. The summed E-state index contributed by atoms with van der Waals surface area (Å²) in [4.78, 5) is 102. The maximum Gasteiger partial charge on any atom is 0.245 e. The summed E-state index contributed by atoms with van der Waals surface area (Å²) in [5.74, 6) is 4.01. The second kappa shape index (κ2) is 41.0. The highest BCUT2D eigenvalue weighted by Crippen LogP contribution is 2.39. The molecule has 6 amide bonds. The maximum atomic E-state index is 14.9. The molecule has 12 heterocycles. The Hall–Kier alpha value is -14.6. The van der Waals surface area contributed by atoms with E-state index in [0.717, 1.165) is 174 Å². The van der Waals surface area contributed by atoms with Gasteiger partial charge in [0.2, 0.25) is 51.5 Å². The number of aromatic nitrogens is 10. The van der Waals surface area contributed by atoms with Crippen LogP contribution in [0, 0.1) is 42.0 Å². The van der Waals surface area contributed by atoms with Crippen LogP contribution in [0.1, 0.15) is 126 Å². The number of sulfonamides is 1. The van der Waals surface area contributed by atoms with Crippen LogP contribution in [-0.4, -0.2) is 172 Å². The van der Waals surface area contributed by atoms with E-state index < -0.39 is 29.7 Å². The quantitative estimate of drug-likeness (QED) is 0.0248. The molecule has 6 aliphatic carbocycles. The number of nitrogens with one attached hydrogen (secondary N) is 7. The van der Waals surface area contributed by atoms with Gasteiger partial charge in [-0.25, -0.2) is 61.1 Å². The lowest BCUT2D eigenvalue weighted by Gasteiger charge is -2.26. The fourth-order valence-electron chi connectivity index (χ4n) is 16.8. The number of rotatable bonds is 26. The third-order valence-electron chi connectivity index (χ3n) is 26.1. The highest BCUT2D eigenvalue weighted by atomic mass is 32.2. The SMILES string of the molecule is CCC(=O)NCc1ccc(-c2cccc3nc(NC(=O)C4CC4)cn23)cc1.O=C(Nc1cn2c(-c3ccc(CN4CCS(=O)(=O)CC4)c(F)c3)cccc2n1)C1CC1.O=C(Nc1cn2c(-c3ccc(NS(=O)(=O)C4CC4)cc3)cccc2n1)C1CC1.O=C(Nc1cn2c(-c3cccc(CN4CCS(=O)(=O)CC4)c3)cccc2n1)C1CC1.[C-]#[N+]C(C)c1ccc(-c2cccc3nc(NC(=O)C4CC4)cn23)cc1. The molecule has 10 aromatic heterocycles. The summed E-state index contributed by atoms with van der Waals surface area (Å²) in [7, 11) is -9.10. The van der Waals surface area contributed by atoms with E-state index in [-0.39, 0.29) is 105 Å². The molecular formula is C105H107FN20O12S3. The molecule has 0 spiro atoms. The predicted octanol–water partition coefficient (Wildman–Crippen LogP) is 16.3. The van der Waals surface area contributed by atoms with Crippen LogP contribution in [0.3, 0.4) is 0 Å². The number of fused-ring (bicyclic) bond motifs is 5. The Kier molecular flexibility index (Phi) is 27.7. The van der Waals surface area contributed by atoms with Crippen molar-refractivity contribution in [2.75, 3.05) is 80.5 Å². The largest absolute Gasteiger partial charge is 0.352 e. The lowest BCUT2D eigenvalue weighted by Crippen LogP contribution is -2.39. The Morgan fingerprint density at radius 1 is 0.404 bits per heavy atom. The molecule has 32 nitrogen and oxygen atoms in total. The molecule has 724 valence electrons. The predicted molar refractivity (Wildman–Crippen MR) is 540 cm³/mol. The minimum Gasteiger partial charge on any atom is -0.352 e. The molecule has 0 radical (unpaired) electrons. The van der Waals surface area contributed by atoms with Crippen LogP contribution in [0.2, 0.25) is 0 Å². The van der Waals surface area contributed by atoms with Gasteiger partial charge in [0, 0.05) is 111 Å². The molecule has 6 saturated carbocycles. The molecule has 2 aliphatic heterocycles. The molecule has 36 heteroatoms. The number of imidazole rings is 5. The average molecular weight is 1960 g/mol. The van der Waals surface area contributed by atoms with Crippen LogP contribution in [0.15, 0.2) is 237 Å². The van der Waals surface area contributed by atoms with E-state index in [2.05, 4.69) is 89.5 Å². The Morgan fingerprint density at radius 3 is 1.07 bits per heavy atom. The fourth-order valence-corrected chi connectivity index (χ4v) is 20.8. The second-order valence-electron chi connectivity index (χ2n) is 37.2. The monoisotopic (exact) mass is 1950 g/mol. The average Bonchev–Trinajstić information content (AvgIpc) is 1.67. The van der Waals surface area contributed by atoms with Crippen molar-refractivity contribution < 1.29 is 58.4 Å². The van der Waals surface area contributed by atoms with Crippen molar-refractivity contribution in [1.82, 2.24) is 62.0 Å². The van der Waals surface area contributed by atoms with E-state index in [0.29, 0.717) is 97.2 Å². The minimum atomic E-state index is -3.27.